The molecule has 4 nitrogen and oxygen atoms in total. The molecule has 0 aromatic rings. The minimum atomic E-state index is 0.653. The maximum atomic E-state index is 4.36. The van der Waals surface area contributed by atoms with Gasteiger partial charge in [-0.05, 0) is 12.8 Å². The first-order valence-corrected chi connectivity index (χ1v) is 6.43. The minimum Gasteiger partial charge on any atom is -0.250 e. The third kappa shape index (κ3) is 3.80. The molecule has 2 fully saturated rings. The van der Waals surface area contributed by atoms with Crippen LogP contribution in [0.5, 0.6) is 0 Å². The molecule has 0 spiro atoms. The summed E-state index contributed by atoms with van der Waals surface area (Å²) in [4.78, 5) is 0. The molecule has 1 N–H and O–H groups in total. The van der Waals surface area contributed by atoms with Crippen molar-refractivity contribution in [1.29, 1.82) is 0 Å². The molecule has 0 aromatic carbocycles. The van der Waals surface area contributed by atoms with Crippen molar-refractivity contribution in [2.75, 3.05) is 20.0 Å². The molecular formula is C9H20N4S2. The lowest BCUT2D eigenvalue weighted by Crippen LogP contribution is -2.56. The van der Waals surface area contributed by atoms with E-state index in [2.05, 4.69) is 36.1 Å². The van der Waals surface area contributed by atoms with Crippen molar-refractivity contribution in [3.63, 3.8) is 0 Å². The van der Waals surface area contributed by atoms with E-state index in [1.807, 2.05) is 8.61 Å². The van der Waals surface area contributed by atoms with E-state index in [4.69, 9.17) is 0 Å². The molecule has 0 atom stereocenters. The van der Waals surface area contributed by atoms with Gasteiger partial charge in [0, 0.05) is 6.04 Å². The fourth-order valence-corrected chi connectivity index (χ4v) is 3.00. The fraction of sp³-hybridized carbons (Fsp3) is 1.00. The smallest absolute Gasteiger partial charge is 0.0770 e. The second-order valence-corrected chi connectivity index (χ2v) is 5.57. The molecular weight excluding hydrogens is 228 g/mol. The summed E-state index contributed by atoms with van der Waals surface area (Å²) in [7, 11) is 0. The molecule has 15 heavy (non-hydrogen) atoms. The van der Waals surface area contributed by atoms with Gasteiger partial charge in [0.2, 0.25) is 0 Å². The molecule has 1 saturated heterocycles. The average molecular weight is 248 g/mol. The van der Waals surface area contributed by atoms with Crippen LogP contribution in [-0.2, 0) is 0 Å². The van der Waals surface area contributed by atoms with Crippen LogP contribution in [0.4, 0.5) is 0 Å². The molecule has 0 radical (unpaired) electrons. The molecule has 2 aliphatic rings. The van der Waals surface area contributed by atoms with Crippen LogP contribution >= 0.6 is 25.6 Å². The van der Waals surface area contributed by atoms with E-state index >= 15 is 0 Å². The summed E-state index contributed by atoms with van der Waals surface area (Å²) in [6.07, 6.45) is 6.72. The summed E-state index contributed by atoms with van der Waals surface area (Å²) in [6.45, 7) is 2.52. The van der Waals surface area contributed by atoms with Crippen molar-refractivity contribution in [3.05, 3.63) is 0 Å². The van der Waals surface area contributed by atoms with Crippen molar-refractivity contribution < 1.29 is 0 Å². The summed E-state index contributed by atoms with van der Waals surface area (Å²) in [5.74, 6) is 0. The largest absolute Gasteiger partial charge is 0.250 e. The highest BCUT2D eigenvalue weighted by molar-refractivity contribution is 7.78. The zero-order chi connectivity index (χ0) is 10.7. The lowest BCUT2D eigenvalue weighted by atomic mass is 9.96. The van der Waals surface area contributed by atoms with Crippen LogP contribution in [0.3, 0.4) is 0 Å². The van der Waals surface area contributed by atoms with Crippen molar-refractivity contribution >= 4 is 25.6 Å². The molecule has 2 rings (SSSR count). The minimum absolute atomic E-state index is 0.653. The Kier molecular flexibility index (Phi) is 4.60. The van der Waals surface area contributed by atoms with Crippen LogP contribution in [-0.4, -0.2) is 39.7 Å². The third-order valence-electron chi connectivity index (χ3n) is 2.96. The van der Waals surface area contributed by atoms with Gasteiger partial charge in [-0.25, -0.2) is 19.0 Å². The van der Waals surface area contributed by atoms with E-state index in [0.29, 0.717) is 6.04 Å². The molecule has 0 aromatic heterocycles. The van der Waals surface area contributed by atoms with E-state index in [1.165, 1.54) is 32.1 Å². The zero-order valence-corrected chi connectivity index (χ0v) is 10.8. The highest BCUT2D eigenvalue weighted by Crippen LogP contribution is 2.18. The molecule has 1 saturated carbocycles. The Balaban J connectivity index is 1.77. The Hall–Kier alpha value is 0.540. The van der Waals surface area contributed by atoms with Gasteiger partial charge in [0.1, 0.15) is 0 Å². The Morgan fingerprint density at radius 2 is 1.47 bits per heavy atom. The van der Waals surface area contributed by atoms with Gasteiger partial charge >= 0.3 is 0 Å². The van der Waals surface area contributed by atoms with E-state index < -0.39 is 0 Å². The van der Waals surface area contributed by atoms with Crippen LogP contribution in [0.1, 0.15) is 32.1 Å². The number of thiol groups is 2. The van der Waals surface area contributed by atoms with Crippen LogP contribution < -0.4 is 5.43 Å². The summed E-state index contributed by atoms with van der Waals surface area (Å²) < 4.78 is 3.90. The summed E-state index contributed by atoms with van der Waals surface area (Å²) in [6, 6.07) is 0.653. The van der Waals surface area contributed by atoms with Gasteiger partial charge in [-0.2, -0.15) is 0 Å². The van der Waals surface area contributed by atoms with E-state index in [1.54, 1.807) is 0 Å². The zero-order valence-electron chi connectivity index (χ0n) is 8.97. The first kappa shape index (κ1) is 12.0. The third-order valence-corrected chi connectivity index (χ3v) is 3.47. The Labute approximate surface area is 103 Å². The maximum absolute atomic E-state index is 4.36. The predicted octanol–water partition coefficient (Wildman–Crippen LogP) is 1.31. The monoisotopic (exact) mass is 248 g/mol. The Morgan fingerprint density at radius 1 is 0.867 bits per heavy atom. The SMILES string of the molecule is SN1CN(S)CN(NC2CCCCC2)C1. The van der Waals surface area contributed by atoms with E-state index in [0.717, 1.165) is 20.0 Å². The van der Waals surface area contributed by atoms with Crippen molar-refractivity contribution in [2.45, 2.75) is 38.1 Å². The number of hydrazine groups is 1. The highest BCUT2D eigenvalue weighted by atomic mass is 32.1. The quantitative estimate of drug-likeness (QED) is 0.641. The van der Waals surface area contributed by atoms with Crippen LogP contribution in [0.2, 0.25) is 0 Å². The van der Waals surface area contributed by atoms with Crippen molar-refractivity contribution in [2.24, 2.45) is 0 Å². The van der Waals surface area contributed by atoms with Gasteiger partial charge in [-0.15, -0.1) is 0 Å². The molecule has 1 heterocycles. The van der Waals surface area contributed by atoms with Gasteiger partial charge in [0.15, 0.2) is 0 Å². The van der Waals surface area contributed by atoms with Gasteiger partial charge in [0.05, 0.1) is 20.0 Å². The number of rotatable bonds is 2. The molecule has 1 aliphatic carbocycles. The summed E-state index contributed by atoms with van der Waals surface area (Å²) >= 11 is 8.72. The number of nitrogens with zero attached hydrogens (tertiary/aromatic N) is 3. The summed E-state index contributed by atoms with van der Waals surface area (Å²) in [5, 5.41) is 2.19. The van der Waals surface area contributed by atoms with Gasteiger partial charge < -0.3 is 0 Å². The highest BCUT2D eigenvalue weighted by Gasteiger charge is 2.22. The molecule has 6 heteroatoms. The van der Waals surface area contributed by atoms with Crippen molar-refractivity contribution in [1.82, 2.24) is 19.0 Å². The number of hydrogen-bond acceptors (Lipinski definition) is 6. The van der Waals surface area contributed by atoms with Crippen LogP contribution in [0, 0.1) is 0 Å². The van der Waals surface area contributed by atoms with Gasteiger partial charge in [0.25, 0.3) is 0 Å². The second kappa shape index (κ2) is 5.75. The number of nitrogens with one attached hydrogen (secondary N) is 1. The van der Waals surface area contributed by atoms with E-state index in [9.17, 15) is 0 Å². The first-order chi connectivity index (χ1) is 7.24. The fourth-order valence-electron chi connectivity index (χ4n) is 2.29. The van der Waals surface area contributed by atoms with Gasteiger partial charge in [-0.1, -0.05) is 44.9 Å². The standard InChI is InChI=1S/C9H20N4S2/c14-12-6-11(7-13(15)8-12)10-9-4-2-1-3-5-9/h9-10,14-15H,1-8H2. The topological polar surface area (TPSA) is 21.8 Å². The molecule has 0 amide bonds. The Morgan fingerprint density at radius 3 is 2.07 bits per heavy atom. The van der Waals surface area contributed by atoms with Crippen LogP contribution in [0.15, 0.2) is 0 Å². The number of hydrogen-bond donors (Lipinski definition) is 3. The maximum Gasteiger partial charge on any atom is 0.0770 e. The Bertz CT molecular complexity index is 189. The summed E-state index contributed by atoms with van der Waals surface area (Å²) in [5.41, 5.74) is 3.57. The molecule has 0 bridgehead atoms. The van der Waals surface area contributed by atoms with Crippen molar-refractivity contribution in [3.8, 4) is 0 Å². The first-order valence-electron chi connectivity index (χ1n) is 5.63. The normalized spacial score (nSPS) is 28.4. The van der Waals surface area contributed by atoms with Crippen LogP contribution in [0.25, 0.3) is 0 Å². The lowest BCUT2D eigenvalue weighted by molar-refractivity contribution is 0.0172. The van der Waals surface area contributed by atoms with Gasteiger partial charge in [-0.3, -0.25) is 0 Å². The lowest BCUT2D eigenvalue weighted by Gasteiger charge is -2.39. The predicted molar refractivity (Wildman–Crippen MR) is 68.1 cm³/mol. The molecule has 0 unspecified atom stereocenters. The molecule has 1 aliphatic heterocycles. The average Bonchev–Trinajstić information content (AvgIpc) is 2.17. The van der Waals surface area contributed by atoms with E-state index in [-0.39, 0.29) is 0 Å². The second-order valence-electron chi connectivity index (χ2n) is 4.44. The molecule has 88 valence electrons.